The SMILES string of the molecule is CC(C)(CO)Nc1cccc(NC(=O)c2ccc(SNC3(C)COC3)cc2N2CCC3(CC2)CC3)c1. The summed E-state index contributed by atoms with van der Waals surface area (Å²) in [5.74, 6) is -0.112. The van der Waals surface area contributed by atoms with Crippen LogP contribution in [0.15, 0.2) is 47.4 Å². The van der Waals surface area contributed by atoms with Gasteiger partial charge in [0.1, 0.15) is 0 Å². The average Bonchev–Trinajstić information content (AvgIpc) is 3.60. The first-order valence-corrected chi connectivity index (χ1v) is 13.7. The molecule has 1 saturated carbocycles. The molecule has 7 nitrogen and oxygen atoms in total. The molecule has 0 aromatic heterocycles. The van der Waals surface area contributed by atoms with Gasteiger partial charge in [-0.05, 0) is 100 Å². The van der Waals surface area contributed by atoms with Crippen LogP contribution in [0.4, 0.5) is 17.1 Å². The first kappa shape index (κ1) is 25.4. The number of nitrogens with one attached hydrogen (secondary N) is 3. The summed E-state index contributed by atoms with van der Waals surface area (Å²) in [6.07, 6.45) is 5.11. The van der Waals surface area contributed by atoms with Gasteiger partial charge in [-0.1, -0.05) is 6.07 Å². The first-order chi connectivity index (χ1) is 17.2. The molecule has 2 aromatic rings. The van der Waals surface area contributed by atoms with Gasteiger partial charge in [0.25, 0.3) is 5.91 Å². The molecular formula is C28H38N4O3S. The van der Waals surface area contributed by atoms with Crippen molar-refractivity contribution < 1.29 is 14.6 Å². The zero-order valence-corrected chi connectivity index (χ0v) is 22.3. The molecule has 0 radical (unpaired) electrons. The topological polar surface area (TPSA) is 85.9 Å². The molecule has 2 aliphatic heterocycles. The largest absolute Gasteiger partial charge is 0.394 e. The molecule has 8 heteroatoms. The number of ether oxygens (including phenoxy) is 1. The lowest BCUT2D eigenvalue weighted by Crippen LogP contribution is -2.55. The molecule has 3 aliphatic rings. The average molecular weight is 511 g/mol. The highest BCUT2D eigenvalue weighted by molar-refractivity contribution is 7.97. The van der Waals surface area contributed by atoms with Crippen molar-refractivity contribution >= 4 is 34.9 Å². The molecule has 1 spiro atoms. The van der Waals surface area contributed by atoms with E-state index in [9.17, 15) is 9.90 Å². The maximum Gasteiger partial charge on any atom is 0.257 e. The van der Waals surface area contributed by atoms with Crippen LogP contribution in [0, 0.1) is 5.41 Å². The van der Waals surface area contributed by atoms with Crippen LogP contribution in [0.5, 0.6) is 0 Å². The van der Waals surface area contributed by atoms with Crippen LogP contribution in [0.1, 0.15) is 56.8 Å². The van der Waals surface area contributed by atoms with Crippen molar-refractivity contribution in [2.75, 3.05) is 48.4 Å². The number of hydrogen-bond donors (Lipinski definition) is 4. The molecule has 1 amide bonds. The summed E-state index contributed by atoms with van der Waals surface area (Å²) in [6, 6.07) is 13.8. The van der Waals surface area contributed by atoms with Crippen molar-refractivity contribution in [3.8, 4) is 0 Å². The normalized spacial score (nSPS) is 20.1. The highest BCUT2D eigenvalue weighted by Crippen LogP contribution is 2.54. The van der Waals surface area contributed by atoms with Gasteiger partial charge >= 0.3 is 0 Å². The van der Waals surface area contributed by atoms with Crippen molar-refractivity contribution in [1.29, 1.82) is 0 Å². The molecule has 0 bridgehead atoms. The third-order valence-electron chi connectivity index (χ3n) is 7.59. The maximum atomic E-state index is 13.5. The van der Waals surface area contributed by atoms with Gasteiger partial charge in [0.2, 0.25) is 0 Å². The van der Waals surface area contributed by atoms with Crippen molar-refractivity contribution in [2.45, 2.75) is 62.4 Å². The van der Waals surface area contributed by atoms with Crippen molar-refractivity contribution in [3.05, 3.63) is 48.0 Å². The second kappa shape index (κ2) is 9.89. The van der Waals surface area contributed by atoms with E-state index < -0.39 is 5.54 Å². The third kappa shape index (κ3) is 5.83. The number of carbonyl (C=O) groups is 1. The van der Waals surface area contributed by atoms with Crippen molar-refractivity contribution in [3.63, 3.8) is 0 Å². The second-order valence-electron chi connectivity index (χ2n) is 11.6. The van der Waals surface area contributed by atoms with Gasteiger partial charge in [0, 0.05) is 29.4 Å². The summed E-state index contributed by atoms with van der Waals surface area (Å²) < 4.78 is 8.90. The number of nitrogens with zero attached hydrogens (tertiary/aromatic N) is 1. The van der Waals surface area contributed by atoms with E-state index in [2.05, 4.69) is 33.2 Å². The number of aliphatic hydroxyl groups is 1. The van der Waals surface area contributed by atoms with Gasteiger partial charge in [-0.2, -0.15) is 0 Å². The van der Waals surface area contributed by atoms with E-state index in [0.29, 0.717) is 24.2 Å². The first-order valence-electron chi connectivity index (χ1n) is 12.9. The lowest BCUT2D eigenvalue weighted by molar-refractivity contribution is -0.0510. The van der Waals surface area contributed by atoms with Crippen LogP contribution >= 0.6 is 11.9 Å². The van der Waals surface area contributed by atoms with Gasteiger partial charge in [0.15, 0.2) is 0 Å². The number of aliphatic hydroxyl groups excluding tert-OH is 1. The number of anilines is 3. The summed E-state index contributed by atoms with van der Waals surface area (Å²) in [4.78, 5) is 17.0. The van der Waals surface area contributed by atoms with E-state index in [1.54, 1.807) is 11.9 Å². The lowest BCUT2D eigenvalue weighted by Gasteiger charge is -2.38. The Bertz CT molecular complexity index is 1100. The van der Waals surface area contributed by atoms with Crippen LogP contribution in [0.2, 0.25) is 0 Å². The molecule has 3 fully saturated rings. The van der Waals surface area contributed by atoms with Crippen LogP contribution in [-0.4, -0.2) is 55.0 Å². The fraction of sp³-hybridized carbons (Fsp3) is 0.536. The summed E-state index contributed by atoms with van der Waals surface area (Å²) in [5, 5.41) is 16.0. The Balaban J connectivity index is 1.34. The highest BCUT2D eigenvalue weighted by atomic mass is 32.2. The highest BCUT2D eigenvalue weighted by Gasteiger charge is 2.44. The molecule has 36 heavy (non-hydrogen) atoms. The second-order valence-corrected chi connectivity index (χ2v) is 12.5. The smallest absolute Gasteiger partial charge is 0.257 e. The van der Waals surface area contributed by atoms with Crippen molar-refractivity contribution in [2.24, 2.45) is 5.41 Å². The number of benzene rings is 2. The van der Waals surface area contributed by atoms with E-state index in [1.165, 1.54) is 25.7 Å². The Morgan fingerprint density at radius 3 is 2.44 bits per heavy atom. The Kier molecular flexibility index (Phi) is 6.98. The number of piperidine rings is 1. The zero-order valence-electron chi connectivity index (χ0n) is 21.5. The summed E-state index contributed by atoms with van der Waals surface area (Å²) in [6.45, 7) is 9.44. The Labute approximate surface area is 218 Å². The molecule has 5 rings (SSSR count). The fourth-order valence-corrected chi connectivity index (χ4v) is 5.67. The maximum absolute atomic E-state index is 13.5. The minimum absolute atomic E-state index is 0.00595. The molecule has 0 atom stereocenters. The minimum atomic E-state index is -0.451. The van der Waals surface area contributed by atoms with Gasteiger partial charge < -0.3 is 25.4 Å². The van der Waals surface area contributed by atoms with Gasteiger partial charge in [0.05, 0.1) is 42.1 Å². The number of hydrogen-bond acceptors (Lipinski definition) is 7. The van der Waals surface area contributed by atoms with Crippen LogP contribution in [-0.2, 0) is 4.74 Å². The molecule has 1 aliphatic carbocycles. The zero-order chi connectivity index (χ0) is 25.4. The summed E-state index contributed by atoms with van der Waals surface area (Å²) in [7, 11) is 0. The fourth-order valence-electron chi connectivity index (χ4n) is 4.88. The molecular weight excluding hydrogens is 472 g/mol. The standard InChI is InChI=1S/C28H38N4O3S/c1-26(2,17-33)30-21-6-4-5-20(15-21)29-25(34)23-8-7-22(36-31-27(3)18-35-19-27)16-24(23)32-13-11-28(9-10-28)12-14-32/h4-8,15-16,30-31,33H,9-14,17-19H2,1-3H3,(H,29,34). The van der Waals surface area contributed by atoms with E-state index in [0.717, 1.165) is 35.0 Å². The summed E-state index contributed by atoms with van der Waals surface area (Å²) in [5.41, 5.74) is 3.38. The quantitative estimate of drug-likeness (QED) is 0.358. The molecule has 2 aromatic carbocycles. The Hall–Kier alpha value is -2.26. The van der Waals surface area contributed by atoms with Gasteiger partial charge in [-0.3, -0.25) is 4.79 Å². The molecule has 194 valence electrons. The van der Waals surface area contributed by atoms with Gasteiger partial charge in [-0.25, -0.2) is 4.72 Å². The molecule has 2 saturated heterocycles. The predicted octanol–water partition coefficient (Wildman–Crippen LogP) is 4.89. The van der Waals surface area contributed by atoms with Crippen molar-refractivity contribution in [1.82, 2.24) is 4.72 Å². The van der Waals surface area contributed by atoms with E-state index in [1.807, 2.05) is 50.2 Å². The lowest BCUT2D eigenvalue weighted by atomic mass is 9.93. The molecule has 4 N–H and O–H groups in total. The number of rotatable bonds is 9. The monoisotopic (exact) mass is 510 g/mol. The van der Waals surface area contributed by atoms with Gasteiger partial charge in [-0.15, -0.1) is 0 Å². The third-order valence-corrected chi connectivity index (χ3v) is 8.68. The minimum Gasteiger partial charge on any atom is -0.394 e. The Morgan fingerprint density at radius 2 is 1.81 bits per heavy atom. The Morgan fingerprint density at radius 1 is 1.08 bits per heavy atom. The van der Waals surface area contributed by atoms with E-state index >= 15 is 0 Å². The van der Waals surface area contributed by atoms with E-state index in [-0.39, 0.29) is 18.1 Å². The number of carbonyl (C=O) groups excluding carboxylic acids is 1. The summed E-state index contributed by atoms with van der Waals surface area (Å²) >= 11 is 1.61. The van der Waals surface area contributed by atoms with E-state index in [4.69, 9.17) is 4.74 Å². The van der Waals surface area contributed by atoms with Crippen LogP contribution in [0.25, 0.3) is 0 Å². The molecule has 2 heterocycles. The number of amides is 1. The molecule has 0 unspecified atom stereocenters. The van der Waals surface area contributed by atoms with Crippen LogP contribution in [0.3, 0.4) is 0 Å². The predicted molar refractivity (Wildman–Crippen MR) is 147 cm³/mol. The van der Waals surface area contributed by atoms with Crippen LogP contribution < -0.4 is 20.3 Å².